The molecule has 6 N–H and O–H groups in total. The maximum atomic E-state index is 11.4. The Bertz CT molecular complexity index is 419. The highest BCUT2D eigenvalue weighted by Gasteiger charge is 2.47. The molecule has 1 aliphatic heterocycles. The molecule has 0 aromatic rings. The van der Waals surface area contributed by atoms with E-state index < -0.39 is 52.7 Å². The Morgan fingerprint density at radius 1 is 1.10 bits per heavy atom. The minimum Gasteiger partial charge on any atom is -0.394 e. The maximum Gasteiger partial charge on any atom is 0.481 e. The molecule has 1 fully saturated rings. The summed E-state index contributed by atoms with van der Waals surface area (Å²) in [7, 11) is -9.44. The largest absolute Gasteiger partial charge is 0.481 e. The van der Waals surface area contributed by atoms with Crippen molar-refractivity contribution in [3.63, 3.8) is 0 Å². The van der Waals surface area contributed by atoms with E-state index in [-0.39, 0.29) is 0 Å². The van der Waals surface area contributed by atoms with Gasteiger partial charge in [0.25, 0.3) is 0 Å². The van der Waals surface area contributed by atoms with Gasteiger partial charge in [-0.1, -0.05) is 0 Å². The van der Waals surface area contributed by atoms with Crippen molar-refractivity contribution >= 4 is 15.4 Å². The smallest absolute Gasteiger partial charge is 0.394 e. The van der Waals surface area contributed by atoms with Gasteiger partial charge in [-0.2, -0.15) is 0 Å². The van der Waals surface area contributed by atoms with Crippen LogP contribution < -0.4 is 0 Å². The van der Waals surface area contributed by atoms with E-state index in [2.05, 4.69) is 8.83 Å². The normalized spacial score (nSPS) is 40.9. The van der Waals surface area contributed by atoms with Crippen LogP contribution in [0, 0.1) is 0 Å². The number of rotatable bonds is 5. The molecule has 11 nitrogen and oxygen atoms in total. The van der Waals surface area contributed by atoms with Gasteiger partial charge in [0.1, 0.15) is 24.4 Å². The van der Waals surface area contributed by atoms with E-state index in [0.717, 1.165) is 0 Å². The molecule has 1 saturated heterocycles. The molecule has 7 atom stereocenters. The minimum atomic E-state index is -5.08. The third kappa shape index (κ3) is 4.83. The summed E-state index contributed by atoms with van der Waals surface area (Å²) in [5.74, 6) is 0. The predicted octanol–water partition coefficient (Wildman–Crippen LogP) is -2.26. The Morgan fingerprint density at radius 2 is 1.65 bits per heavy atom. The molecule has 1 heterocycles. The average molecular weight is 338 g/mol. The van der Waals surface area contributed by atoms with Crippen molar-refractivity contribution in [1.82, 2.24) is 0 Å². The number of ether oxygens (including phenoxy) is 1. The molecule has 20 heavy (non-hydrogen) atoms. The Kier molecular flexibility index (Phi) is 5.87. The van der Waals surface area contributed by atoms with Gasteiger partial charge < -0.3 is 34.9 Å². The van der Waals surface area contributed by atoms with Crippen LogP contribution in [0.15, 0.2) is 0 Å². The molecule has 120 valence electrons. The third-order valence-corrected chi connectivity index (χ3v) is 4.85. The lowest BCUT2D eigenvalue weighted by atomic mass is 10.00. The second-order valence-electron chi connectivity index (χ2n) is 4.16. The van der Waals surface area contributed by atoms with Crippen molar-refractivity contribution in [3.05, 3.63) is 0 Å². The number of aliphatic hydroxyl groups is 4. The quantitative estimate of drug-likeness (QED) is 0.297. The fourth-order valence-electron chi connectivity index (χ4n) is 1.50. The van der Waals surface area contributed by atoms with Gasteiger partial charge in [-0.15, -0.1) is 0 Å². The van der Waals surface area contributed by atoms with Gasteiger partial charge in [0.15, 0.2) is 6.29 Å². The Morgan fingerprint density at radius 3 is 2.10 bits per heavy atom. The number of phosphoric ester groups is 1. The second kappa shape index (κ2) is 6.47. The van der Waals surface area contributed by atoms with Gasteiger partial charge >= 0.3 is 15.4 Å². The summed E-state index contributed by atoms with van der Waals surface area (Å²) in [6.07, 6.45) is -8.75. The highest BCUT2D eigenvalue weighted by atomic mass is 31.3. The zero-order valence-electron chi connectivity index (χ0n) is 10.2. The van der Waals surface area contributed by atoms with Crippen LogP contribution in [-0.2, 0) is 22.7 Å². The van der Waals surface area contributed by atoms with E-state index in [9.17, 15) is 29.3 Å². The van der Waals surface area contributed by atoms with Crippen LogP contribution in [0.1, 0.15) is 0 Å². The first-order valence-electron chi connectivity index (χ1n) is 5.30. The number of phosphoric acid groups is 1. The average Bonchev–Trinajstić information content (AvgIpc) is 2.26. The van der Waals surface area contributed by atoms with Crippen molar-refractivity contribution in [2.45, 2.75) is 30.7 Å². The summed E-state index contributed by atoms with van der Waals surface area (Å²) in [5, 5.41) is 37.3. The lowest BCUT2D eigenvalue weighted by Gasteiger charge is -2.39. The molecule has 0 aromatic heterocycles. The molecule has 0 amide bonds. The summed E-state index contributed by atoms with van der Waals surface area (Å²) in [4.78, 5) is 18.0. The van der Waals surface area contributed by atoms with Gasteiger partial charge in [-0.3, -0.25) is 9.09 Å². The van der Waals surface area contributed by atoms with Crippen molar-refractivity contribution in [1.29, 1.82) is 0 Å². The Balaban J connectivity index is 2.80. The SMILES string of the molecule is CP(=O)(O)OP(=O)(O)O[C@@H]1O[C@H](CO)[C@H](O)[C@H](O)[C@H]1O. The van der Waals surface area contributed by atoms with Gasteiger partial charge in [0, 0.05) is 6.66 Å². The fourth-order valence-corrected chi connectivity index (χ4v) is 3.62. The van der Waals surface area contributed by atoms with E-state index >= 15 is 0 Å². The van der Waals surface area contributed by atoms with Crippen LogP contribution in [0.2, 0.25) is 0 Å². The van der Waals surface area contributed by atoms with E-state index in [1.165, 1.54) is 0 Å². The Labute approximate surface area is 113 Å². The molecule has 0 bridgehead atoms. The zero-order chi connectivity index (χ0) is 15.7. The molecule has 0 radical (unpaired) electrons. The zero-order valence-corrected chi connectivity index (χ0v) is 12.0. The fraction of sp³-hybridized carbons (Fsp3) is 1.00. The van der Waals surface area contributed by atoms with E-state index in [4.69, 9.17) is 14.7 Å². The summed E-state index contributed by atoms with van der Waals surface area (Å²) >= 11 is 0. The van der Waals surface area contributed by atoms with Gasteiger partial charge in [-0.05, 0) is 0 Å². The minimum absolute atomic E-state index is 0.631. The monoisotopic (exact) mass is 338 g/mol. The number of hydrogen-bond acceptors (Lipinski definition) is 9. The Hall–Kier alpha value is 0.100. The van der Waals surface area contributed by atoms with Crippen molar-refractivity contribution in [2.24, 2.45) is 0 Å². The van der Waals surface area contributed by atoms with Crippen LogP contribution in [0.4, 0.5) is 0 Å². The van der Waals surface area contributed by atoms with Crippen LogP contribution >= 0.6 is 15.4 Å². The molecular weight excluding hydrogens is 322 g/mol. The first-order valence-corrected chi connectivity index (χ1v) is 8.82. The standard InChI is InChI=1S/C7H16O11P2/c1-19(12,13)18-20(14,15)17-7-6(11)5(10)4(9)3(2-8)16-7/h3-11H,2H2,1H3,(H,12,13)(H,14,15)/t3-,4+,5+,6-,7+/m1/s1. The lowest BCUT2D eigenvalue weighted by molar-refractivity contribution is -0.280. The van der Waals surface area contributed by atoms with Crippen molar-refractivity contribution in [3.8, 4) is 0 Å². The van der Waals surface area contributed by atoms with Crippen molar-refractivity contribution in [2.75, 3.05) is 13.3 Å². The summed E-state index contributed by atoms with van der Waals surface area (Å²) < 4.78 is 35.3. The molecule has 0 aromatic carbocycles. The molecule has 2 unspecified atom stereocenters. The predicted molar refractivity (Wildman–Crippen MR) is 61.5 cm³/mol. The highest BCUT2D eigenvalue weighted by molar-refractivity contribution is 7.63. The summed E-state index contributed by atoms with van der Waals surface area (Å²) in [5.41, 5.74) is 0. The first-order chi connectivity index (χ1) is 8.97. The first kappa shape index (κ1) is 18.1. The van der Waals surface area contributed by atoms with E-state index in [1.807, 2.05) is 0 Å². The van der Waals surface area contributed by atoms with Crippen LogP contribution in [0.25, 0.3) is 0 Å². The molecule has 0 saturated carbocycles. The van der Waals surface area contributed by atoms with Gasteiger partial charge in [0.2, 0.25) is 0 Å². The van der Waals surface area contributed by atoms with Gasteiger partial charge in [0.05, 0.1) is 6.61 Å². The second-order valence-corrected chi connectivity index (χ2v) is 7.56. The van der Waals surface area contributed by atoms with Crippen molar-refractivity contribution < 1.29 is 52.9 Å². The number of aliphatic hydroxyl groups excluding tert-OH is 4. The molecule has 0 aliphatic carbocycles. The molecule has 0 spiro atoms. The van der Waals surface area contributed by atoms with Gasteiger partial charge in [-0.25, -0.2) is 8.88 Å². The summed E-state index contributed by atoms with van der Waals surface area (Å²) in [6.45, 7) is -0.139. The van der Waals surface area contributed by atoms with Crippen LogP contribution in [0.3, 0.4) is 0 Å². The maximum absolute atomic E-state index is 11.4. The molecule has 1 rings (SSSR count). The lowest BCUT2D eigenvalue weighted by Crippen LogP contribution is -2.58. The third-order valence-electron chi connectivity index (χ3n) is 2.34. The van der Waals surface area contributed by atoms with Crippen LogP contribution in [0.5, 0.6) is 0 Å². The van der Waals surface area contributed by atoms with E-state index in [1.54, 1.807) is 0 Å². The molecule has 1 aliphatic rings. The molecular formula is C7H16O11P2. The van der Waals surface area contributed by atoms with E-state index in [0.29, 0.717) is 6.66 Å². The van der Waals surface area contributed by atoms with Crippen LogP contribution in [-0.4, -0.2) is 74.2 Å². The summed E-state index contributed by atoms with van der Waals surface area (Å²) in [6, 6.07) is 0. The molecule has 13 heteroatoms. The highest BCUT2D eigenvalue weighted by Crippen LogP contribution is 2.58. The number of hydrogen-bond donors (Lipinski definition) is 6. The topological polar surface area (TPSA) is 183 Å².